The molecule has 0 saturated carbocycles. The van der Waals surface area contributed by atoms with Crippen molar-refractivity contribution < 1.29 is 56.2 Å². The number of carbonyl (C=O) groups excluding carboxylic acids is 1. The predicted molar refractivity (Wildman–Crippen MR) is 188 cm³/mol. The van der Waals surface area contributed by atoms with Crippen molar-refractivity contribution in [2.75, 3.05) is 26.4 Å². The molecule has 1 aliphatic heterocycles. The lowest BCUT2D eigenvalue weighted by Crippen LogP contribution is -2.60. The van der Waals surface area contributed by atoms with Crippen molar-refractivity contribution in [2.45, 2.75) is 198 Å². The minimum atomic E-state index is -5.05. The van der Waals surface area contributed by atoms with Crippen LogP contribution in [-0.2, 0) is 38.3 Å². The fraction of sp³-hybridized carbons (Fsp3) is 0.972. The van der Waals surface area contributed by atoms with E-state index < -0.39 is 59.8 Å². The fourth-order valence-corrected chi connectivity index (χ4v) is 6.53. The second-order valence-electron chi connectivity index (χ2n) is 13.5. The topological polar surface area (TPSA) is 178 Å². The Kier molecular flexibility index (Phi) is 27.9. The van der Waals surface area contributed by atoms with E-state index in [4.69, 9.17) is 23.5 Å². The first kappa shape index (κ1) is 46.1. The number of ether oxygens (including phenoxy) is 4. The summed E-state index contributed by atoms with van der Waals surface area (Å²) >= 11 is 0. The Morgan fingerprint density at radius 1 is 0.694 bits per heavy atom. The van der Waals surface area contributed by atoms with Gasteiger partial charge in [-0.2, -0.15) is 8.42 Å². The lowest BCUT2D eigenvalue weighted by molar-refractivity contribution is -0.301. The van der Waals surface area contributed by atoms with Crippen LogP contribution >= 0.6 is 0 Å². The van der Waals surface area contributed by atoms with Crippen molar-refractivity contribution in [3.05, 3.63) is 0 Å². The maximum absolute atomic E-state index is 12.7. The first-order chi connectivity index (χ1) is 23.6. The van der Waals surface area contributed by atoms with Crippen LogP contribution in [0.2, 0.25) is 0 Å². The maximum Gasteiger partial charge on any atom is 0.397 e. The van der Waals surface area contributed by atoms with E-state index in [1.54, 1.807) is 0 Å². The minimum Gasteiger partial charge on any atom is -0.457 e. The Hall–Kier alpha value is -0.900. The number of aliphatic hydroxyl groups excluding tert-OH is 3. The van der Waals surface area contributed by atoms with Crippen molar-refractivity contribution >= 4 is 16.4 Å². The zero-order valence-corrected chi connectivity index (χ0v) is 31.3. The molecule has 1 fully saturated rings. The molecule has 1 saturated heterocycles. The highest BCUT2D eigenvalue weighted by Gasteiger charge is 2.48. The molecule has 0 radical (unpaired) electrons. The number of aliphatic hydroxyl groups is 3. The summed E-state index contributed by atoms with van der Waals surface area (Å²) in [6.45, 7) is 3.95. The van der Waals surface area contributed by atoms with Gasteiger partial charge in [0.05, 0.1) is 19.8 Å². The summed E-state index contributed by atoms with van der Waals surface area (Å²) in [5.41, 5.74) is 0. The molecule has 13 heteroatoms. The molecule has 1 heterocycles. The van der Waals surface area contributed by atoms with Gasteiger partial charge in [-0.1, -0.05) is 142 Å². The monoisotopic (exact) mass is 726 g/mol. The zero-order valence-electron chi connectivity index (χ0n) is 30.5. The molecule has 0 aromatic carbocycles. The van der Waals surface area contributed by atoms with E-state index in [-0.39, 0.29) is 19.6 Å². The van der Waals surface area contributed by atoms with Gasteiger partial charge < -0.3 is 34.3 Å². The largest absolute Gasteiger partial charge is 0.457 e. The van der Waals surface area contributed by atoms with E-state index in [0.29, 0.717) is 13.0 Å². The third-order valence-corrected chi connectivity index (χ3v) is 9.44. The average molecular weight is 727 g/mol. The highest BCUT2D eigenvalue weighted by molar-refractivity contribution is 7.80. The Labute approximate surface area is 296 Å². The molecule has 4 N–H and O–H groups in total. The van der Waals surface area contributed by atoms with Crippen molar-refractivity contribution in [1.82, 2.24) is 0 Å². The summed E-state index contributed by atoms with van der Waals surface area (Å²) < 4.78 is 58.6. The van der Waals surface area contributed by atoms with E-state index >= 15 is 0 Å². The van der Waals surface area contributed by atoms with Gasteiger partial charge in [-0.15, -0.1) is 0 Å². The summed E-state index contributed by atoms with van der Waals surface area (Å²) in [6.07, 6.45) is 17.3. The SMILES string of the molecule is CCCCCCCCCCCCCCCCOCC(COC1OC(CO)C(O)C(OS(=O)(=O)O)C1O)OC(=O)CCCCCCCCCC. The van der Waals surface area contributed by atoms with E-state index in [9.17, 15) is 28.5 Å². The number of hydrogen-bond donors (Lipinski definition) is 4. The molecule has 6 unspecified atom stereocenters. The summed E-state index contributed by atoms with van der Waals surface area (Å²) in [5, 5.41) is 30.5. The van der Waals surface area contributed by atoms with E-state index in [1.165, 1.54) is 96.3 Å². The summed E-state index contributed by atoms with van der Waals surface area (Å²) in [4.78, 5) is 12.7. The van der Waals surface area contributed by atoms with Crippen LogP contribution in [0.3, 0.4) is 0 Å². The Balaban J connectivity index is 2.47. The van der Waals surface area contributed by atoms with E-state index in [0.717, 1.165) is 38.5 Å². The van der Waals surface area contributed by atoms with Crippen LogP contribution < -0.4 is 0 Å². The number of unbranched alkanes of at least 4 members (excludes halogenated alkanes) is 20. The lowest BCUT2D eigenvalue weighted by atomic mass is 9.99. The van der Waals surface area contributed by atoms with Gasteiger partial charge in [0.15, 0.2) is 6.29 Å². The van der Waals surface area contributed by atoms with Gasteiger partial charge in [0.2, 0.25) is 0 Å². The molecule has 0 aromatic heterocycles. The van der Waals surface area contributed by atoms with Gasteiger partial charge >= 0.3 is 16.4 Å². The van der Waals surface area contributed by atoms with Crippen LogP contribution in [0, 0.1) is 0 Å². The predicted octanol–water partition coefficient (Wildman–Crippen LogP) is 6.57. The molecule has 12 nitrogen and oxygen atoms in total. The van der Waals surface area contributed by atoms with Crippen molar-refractivity contribution in [2.24, 2.45) is 0 Å². The van der Waals surface area contributed by atoms with Crippen molar-refractivity contribution in [3.8, 4) is 0 Å². The smallest absolute Gasteiger partial charge is 0.397 e. The minimum absolute atomic E-state index is 0.0431. The first-order valence-corrected chi connectivity index (χ1v) is 20.7. The van der Waals surface area contributed by atoms with Crippen molar-refractivity contribution in [1.29, 1.82) is 0 Å². The molecule has 49 heavy (non-hydrogen) atoms. The van der Waals surface area contributed by atoms with Gasteiger partial charge in [-0.05, 0) is 12.8 Å². The molecule has 0 amide bonds. The Morgan fingerprint density at radius 3 is 1.63 bits per heavy atom. The van der Waals surface area contributed by atoms with Crippen LogP contribution in [-0.4, -0.2) is 97.5 Å². The normalized spacial score (nSPS) is 22.0. The zero-order chi connectivity index (χ0) is 36.2. The number of carbonyl (C=O) groups is 1. The van der Waals surface area contributed by atoms with Gasteiger partial charge in [-0.3, -0.25) is 9.35 Å². The molecule has 1 rings (SSSR count). The van der Waals surface area contributed by atoms with Gasteiger partial charge in [0.1, 0.15) is 30.5 Å². The number of esters is 1. The fourth-order valence-electron chi connectivity index (χ4n) is 6.02. The molecule has 1 aliphatic rings. The lowest BCUT2D eigenvalue weighted by Gasteiger charge is -2.41. The molecular weight excluding hydrogens is 656 g/mol. The van der Waals surface area contributed by atoms with Crippen LogP contribution in [0.1, 0.15) is 162 Å². The quantitative estimate of drug-likeness (QED) is 0.0325. The number of rotatable bonds is 33. The van der Waals surface area contributed by atoms with E-state index in [1.807, 2.05) is 0 Å². The van der Waals surface area contributed by atoms with Gasteiger partial charge in [0, 0.05) is 13.0 Å². The molecule has 0 bridgehead atoms. The second kappa shape index (κ2) is 29.7. The third-order valence-electron chi connectivity index (χ3n) is 8.98. The molecule has 6 atom stereocenters. The summed E-state index contributed by atoms with van der Waals surface area (Å²) in [5.74, 6) is -0.402. The second-order valence-corrected chi connectivity index (χ2v) is 14.6. The van der Waals surface area contributed by atoms with Crippen LogP contribution in [0.25, 0.3) is 0 Å². The molecule has 292 valence electrons. The van der Waals surface area contributed by atoms with E-state index in [2.05, 4.69) is 18.0 Å². The van der Waals surface area contributed by atoms with Crippen LogP contribution in [0.5, 0.6) is 0 Å². The molecule has 0 aliphatic carbocycles. The average Bonchev–Trinajstić information content (AvgIpc) is 3.06. The third kappa shape index (κ3) is 24.1. The number of hydrogen-bond acceptors (Lipinski definition) is 11. The highest BCUT2D eigenvalue weighted by Crippen LogP contribution is 2.26. The van der Waals surface area contributed by atoms with Crippen LogP contribution in [0.15, 0.2) is 0 Å². The van der Waals surface area contributed by atoms with Crippen LogP contribution in [0.4, 0.5) is 0 Å². The van der Waals surface area contributed by atoms with Crippen molar-refractivity contribution in [3.63, 3.8) is 0 Å². The molecule has 0 spiro atoms. The van der Waals surface area contributed by atoms with Gasteiger partial charge in [-0.25, -0.2) is 4.18 Å². The highest BCUT2D eigenvalue weighted by atomic mass is 32.3. The Morgan fingerprint density at radius 2 is 1.16 bits per heavy atom. The molecular formula is C36H70O12S. The van der Waals surface area contributed by atoms with Gasteiger partial charge in [0.25, 0.3) is 0 Å². The summed E-state index contributed by atoms with van der Waals surface area (Å²) in [7, 11) is -5.05. The molecule has 0 aromatic rings. The first-order valence-electron chi connectivity index (χ1n) is 19.3. The standard InChI is InChI=1S/C36H70O12S/c1-3-5-7-9-11-13-14-15-16-17-18-20-22-24-26-44-28-30(46-32(38)25-23-21-19-12-10-8-6-4-2)29-45-36-34(40)35(48-49(41,42)43)33(39)31(27-37)47-36/h30-31,33-37,39-40H,3-29H2,1-2H3,(H,41,42,43). The maximum atomic E-state index is 12.7. The Bertz CT molecular complexity index is 889. The summed E-state index contributed by atoms with van der Waals surface area (Å²) in [6, 6.07) is 0.